The Labute approximate surface area is 180 Å². The molecule has 1 aromatic carbocycles. The SMILES string of the molecule is COc1cccc2c1nc(N)n1nc(C3CC(c4ccc([C@@H](N)C(F)(F)F)nc4)C3)nc21. The summed E-state index contributed by atoms with van der Waals surface area (Å²) >= 11 is 0. The molecular weight excluding hydrogens is 423 g/mol. The van der Waals surface area contributed by atoms with E-state index >= 15 is 0 Å². The van der Waals surface area contributed by atoms with E-state index in [9.17, 15) is 13.2 Å². The molecule has 3 heterocycles. The van der Waals surface area contributed by atoms with Crippen LogP contribution in [-0.4, -0.2) is 37.9 Å². The van der Waals surface area contributed by atoms with E-state index in [1.807, 2.05) is 12.1 Å². The van der Waals surface area contributed by atoms with Crippen LogP contribution in [0.5, 0.6) is 5.75 Å². The van der Waals surface area contributed by atoms with Gasteiger partial charge in [0.2, 0.25) is 5.95 Å². The summed E-state index contributed by atoms with van der Waals surface area (Å²) in [5, 5.41) is 5.34. The number of nitrogens with zero attached hydrogens (tertiary/aromatic N) is 5. The first-order valence-corrected chi connectivity index (χ1v) is 10.0. The lowest BCUT2D eigenvalue weighted by molar-refractivity contribution is -0.150. The largest absolute Gasteiger partial charge is 0.494 e. The normalized spacial score (nSPS) is 19.8. The van der Waals surface area contributed by atoms with Gasteiger partial charge in [0, 0.05) is 17.5 Å². The molecule has 0 bridgehead atoms. The molecule has 4 N–H and O–H groups in total. The zero-order valence-electron chi connectivity index (χ0n) is 17.0. The van der Waals surface area contributed by atoms with Crippen LogP contribution in [0.2, 0.25) is 0 Å². The number of fused-ring (bicyclic) bond motifs is 3. The van der Waals surface area contributed by atoms with Gasteiger partial charge in [-0.25, -0.2) is 9.97 Å². The zero-order chi connectivity index (χ0) is 22.6. The smallest absolute Gasteiger partial charge is 0.409 e. The maximum Gasteiger partial charge on any atom is 0.409 e. The van der Waals surface area contributed by atoms with Gasteiger partial charge >= 0.3 is 6.18 Å². The van der Waals surface area contributed by atoms with Gasteiger partial charge in [-0.2, -0.15) is 17.7 Å². The first-order valence-electron chi connectivity index (χ1n) is 10.0. The third-order valence-electron chi connectivity index (χ3n) is 5.98. The zero-order valence-corrected chi connectivity index (χ0v) is 17.0. The van der Waals surface area contributed by atoms with E-state index in [0.29, 0.717) is 22.7 Å². The Bertz CT molecular complexity index is 1300. The number of aromatic nitrogens is 5. The number of rotatable bonds is 4. The number of para-hydroxylation sites is 1. The topological polar surface area (TPSA) is 117 Å². The molecule has 0 radical (unpaired) electrons. The fourth-order valence-electron chi connectivity index (χ4n) is 4.09. The average Bonchev–Trinajstić information content (AvgIpc) is 3.17. The molecule has 4 aromatic rings. The molecule has 0 saturated heterocycles. The van der Waals surface area contributed by atoms with Crippen LogP contribution in [0.25, 0.3) is 16.6 Å². The molecule has 0 spiro atoms. The van der Waals surface area contributed by atoms with Gasteiger partial charge in [0.05, 0.1) is 12.8 Å². The fourth-order valence-corrected chi connectivity index (χ4v) is 4.09. The number of alkyl halides is 3. The number of halogens is 3. The number of ether oxygens (including phenoxy) is 1. The summed E-state index contributed by atoms with van der Waals surface area (Å²) < 4.78 is 45.2. The molecule has 0 aliphatic heterocycles. The van der Waals surface area contributed by atoms with Crippen molar-refractivity contribution >= 4 is 22.5 Å². The molecule has 166 valence electrons. The number of benzene rings is 1. The van der Waals surface area contributed by atoms with Crippen molar-refractivity contribution in [2.75, 3.05) is 12.8 Å². The molecule has 0 unspecified atom stereocenters. The van der Waals surface area contributed by atoms with Crippen molar-refractivity contribution in [3.63, 3.8) is 0 Å². The van der Waals surface area contributed by atoms with E-state index < -0.39 is 12.2 Å². The monoisotopic (exact) mass is 443 g/mol. The van der Waals surface area contributed by atoms with Crippen molar-refractivity contribution in [3.8, 4) is 5.75 Å². The van der Waals surface area contributed by atoms with E-state index in [4.69, 9.17) is 21.2 Å². The second-order valence-corrected chi connectivity index (χ2v) is 7.93. The summed E-state index contributed by atoms with van der Waals surface area (Å²) in [6.45, 7) is 0. The number of anilines is 1. The summed E-state index contributed by atoms with van der Waals surface area (Å²) in [6, 6.07) is 6.47. The van der Waals surface area contributed by atoms with Crippen LogP contribution in [0.15, 0.2) is 36.5 Å². The van der Waals surface area contributed by atoms with Crippen molar-refractivity contribution < 1.29 is 17.9 Å². The summed E-state index contributed by atoms with van der Waals surface area (Å²) in [5.41, 5.74) is 13.2. The van der Waals surface area contributed by atoms with Crippen molar-refractivity contribution in [2.45, 2.75) is 36.9 Å². The molecule has 1 saturated carbocycles. The maximum absolute atomic E-state index is 12.8. The highest BCUT2D eigenvalue weighted by Crippen LogP contribution is 2.47. The molecule has 1 aliphatic rings. The number of hydrogen-bond acceptors (Lipinski definition) is 7. The van der Waals surface area contributed by atoms with E-state index in [-0.39, 0.29) is 23.5 Å². The minimum absolute atomic E-state index is 0.108. The Morgan fingerprint density at radius 2 is 1.91 bits per heavy atom. The fraction of sp³-hybridized carbons (Fsp3) is 0.333. The number of pyridine rings is 1. The number of methoxy groups -OCH3 is 1. The Kier molecular flexibility index (Phi) is 4.66. The number of nitrogen functional groups attached to an aromatic ring is 1. The van der Waals surface area contributed by atoms with Gasteiger partial charge in [0.25, 0.3) is 0 Å². The van der Waals surface area contributed by atoms with E-state index in [1.165, 1.54) is 16.8 Å². The van der Waals surface area contributed by atoms with Gasteiger partial charge in [-0.15, -0.1) is 5.10 Å². The van der Waals surface area contributed by atoms with Crippen molar-refractivity contribution in [1.82, 2.24) is 24.6 Å². The highest BCUT2D eigenvalue weighted by Gasteiger charge is 2.39. The maximum atomic E-state index is 12.8. The van der Waals surface area contributed by atoms with Crippen molar-refractivity contribution in [3.05, 3.63) is 53.6 Å². The third kappa shape index (κ3) is 3.29. The van der Waals surface area contributed by atoms with E-state index in [2.05, 4.69) is 15.1 Å². The van der Waals surface area contributed by atoms with Gasteiger partial charge in [-0.3, -0.25) is 4.98 Å². The first kappa shape index (κ1) is 20.4. The molecule has 5 rings (SSSR count). The van der Waals surface area contributed by atoms with Crippen LogP contribution < -0.4 is 16.2 Å². The Hall–Kier alpha value is -3.47. The van der Waals surface area contributed by atoms with Crippen molar-refractivity contribution in [2.24, 2.45) is 5.73 Å². The molecule has 32 heavy (non-hydrogen) atoms. The molecule has 3 aromatic heterocycles. The van der Waals surface area contributed by atoms with Gasteiger partial charge < -0.3 is 16.2 Å². The predicted octanol–water partition coefficient (Wildman–Crippen LogP) is 3.49. The molecule has 1 atom stereocenters. The van der Waals surface area contributed by atoms with Crippen LogP contribution in [0.1, 0.15) is 47.8 Å². The molecule has 0 amide bonds. The summed E-state index contributed by atoms with van der Waals surface area (Å²) in [7, 11) is 1.57. The summed E-state index contributed by atoms with van der Waals surface area (Å²) in [5.74, 6) is 1.76. The molecule has 11 heteroatoms. The highest BCUT2D eigenvalue weighted by molar-refractivity contribution is 5.95. The molecular formula is C21H20F3N7O. The van der Waals surface area contributed by atoms with Gasteiger partial charge in [-0.1, -0.05) is 12.1 Å². The van der Waals surface area contributed by atoms with Crippen LogP contribution in [-0.2, 0) is 0 Å². The standard InChI is InChI=1S/C21H20F3N7O/c1-32-15-4-2-3-13-16(15)28-20(26)31-19(13)29-18(30-31)12-7-11(8-12)10-5-6-14(27-9-10)17(25)21(22,23)24/h2-6,9,11-12,17H,7-8,25H2,1H3,(H2,26,28)/t11?,12?,17-/m1/s1. The quantitative estimate of drug-likeness (QED) is 0.496. The second-order valence-electron chi connectivity index (χ2n) is 7.93. The average molecular weight is 443 g/mol. The van der Waals surface area contributed by atoms with E-state index in [1.54, 1.807) is 19.2 Å². The van der Waals surface area contributed by atoms with E-state index in [0.717, 1.165) is 23.8 Å². The minimum atomic E-state index is -4.52. The summed E-state index contributed by atoms with van der Waals surface area (Å²) in [6.07, 6.45) is -1.52. The first-order chi connectivity index (χ1) is 15.3. The Morgan fingerprint density at radius 1 is 1.12 bits per heavy atom. The molecule has 1 fully saturated rings. The minimum Gasteiger partial charge on any atom is -0.494 e. The van der Waals surface area contributed by atoms with Gasteiger partial charge in [-0.05, 0) is 42.5 Å². The van der Waals surface area contributed by atoms with Gasteiger partial charge in [0.1, 0.15) is 17.3 Å². The Morgan fingerprint density at radius 3 is 2.56 bits per heavy atom. The third-order valence-corrected chi connectivity index (χ3v) is 5.98. The molecule has 8 nitrogen and oxygen atoms in total. The lowest BCUT2D eigenvalue weighted by Crippen LogP contribution is -2.29. The van der Waals surface area contributed by atoms with Gasteiger partial charge in [0.15, 0.2) is 11.5 Å². The molecule has 1 aliphatic carbocycles. The van der Waals surface area contributed by atoms with Crippen LogP contribution >= 0.6 is 0 Å². The van der Waals surface area contributed by atoms with Crippen molar-refractivity contribution in [1.29, 1.82) is 0 Å². The summed E-state index contributed by atoms with van der Waals surface area (Å²) in [4.78, 5) is 13.0. The second kappa shape index (κ2) is 7.30. The van der Waals surface area contributed by atoms with Crippen LogP contribution in [0, 0.1) is 0 Å². The predicted molar refractivity (Wildman–Crippen MR) is 111 cm³/mol. The Balaban J connectivity index is 1.37. The number of hydrogen-bond donors (Lipinski definition) is 2. The van der Waals surface area contributed by atoms with Crippen LogP contribution in [0.4, 0.5) is 19.1 Å². The van der Waals surface area contributed by atoms with Crippen LogP contribution in [0.3, 0.4) is 0 Å². The highest BCUT2D eigenvalue weighted by atomic mass is 19.4. The lowest BCUT2D eigenvalue weighted by Gasteiger charge is -2.33. The number of nitrogens with two attached hydrogens (primary N) is 2. The lowest BCUT2D eigenvalue weighted by atomic mass is 9.71.